The molecular formula is C11H17O2PS. The maximum Gasteiger partial charge on any atom is 0.231 e. The summed E-state index contributed by atoms with van der Waals surface area (Å²) in [5.41, 5.74) is 0. The van der Waals surface area contributed by atoms with Gasteiger partial charge in [-0.2, -0.15) is 12.6 Å². The van der Waals surface area contributed by atoms with Crippen molar-refractivity contribution < 1.29 is 9.09 Å². The van der Waals surface area contributed by atoms with Crippen molar-refractivity contribution in [1.82, 2.24) is 0 Å². The lowest BCUT2D eigenvalue weighted by atomic mass is 10.4. The van der Waals surface area contributed by atoms with Crippen molar-refractivity contribution in [3.63, 3.8) is 0 Å². The first-order chi connectivity index (χ1) is 7.23. The molecule has 0 fully saturated rings. The van der Waals surface area contributed by atoms with E-state index in [1.807, 2.05) is 30.3 Å². The van der Waals surface area contributed by atoms with Crippen molar-refractivity contribution in [1.29, 1.82) is 0 Å². The fraction of sp³-hybridized carbons (Fsp3) is 0.455. The summed E-state index contributed by atoms with van der Waals surface area (Å²) in [5.74, 6) is 0.832. The maximum atomic E-state index is 12.4. The van der Waals surface area contributed by atoms with Crippen molar-refractivity contribution in [2.45, 2.75) is 12.8 Å². The second-order valence-electron chi connectivity index (χ2n) is 3.35. The lowest BCUT2D eigenvalue weighted by Gasteiger charge is -2.15. The van der Waals surface area contributed by atoms with Gasteiger partial charge in [-0.15, -0.1) is 0 Å². The molecule has 0 bridgehead atoms. The van der Waals surface area contributed by atoms with Crippen LogP contribution in [0.1, 0.15) is 12.8 Å². The number of rotatable bonds is 6. The van der Waals surface area contributed by atoms with Crippen molar-refractivity contribution in [3.05, 3.63) is 30.3 Å². The van der Waals surface area contributed by atoms with E-state index in [2.05, 4.69) is 12.6 Å². The minimum absolute atomic E-state index is 0.605. The number of benzene rings is 1. The standard InChI is InChI=1S/C11H17O2PS/c1-13-14(12,9-5-6-10-15)11-7-3-2-4-8-11/h2-4,7-8,15H,5-6,9-10H2,1H3. The lowest BCUT2D eigenvalue weighted by Crippen LogP contribution is -2.08. The largest absolute Gasteiger partial charge is 0.329 e. The fourth-order valence-electron chi connectivity index (χ4n) is 1.41. The highest BCUT2D eigenvalue weighted by Crippen LogP contribution is 2.45. The second kappa shape index (κ2) is 6.37. The normalized spacial score (nSPS) is 14.8. The minimum atomic E-state index is -2.62. The molecule has 84 valence electrons. The van der Waals surface area contributed by atoms with Gasteiger partial charge in [-0.1, -0.05) is 18.2 Å². The predicted molar refractivity (Wildman–Crippen MR) is 68.6 cm³/mol. The van der Waals surface area contributed by atoms with E-state index >= 15 is 0 Å². The summed E-state index contributed by atoms with van der Waals surface area (Å²) in [7, 11) is -1.09. The zero-order chi connectivity index (χ0) is 11.1. The molecule has 1 atom stereocenters. The Bertz CT molecular complexity index is 327. The molecule has 0 amide bonds. The quantitative estimate of drug-likeness (QED) is 0.473. The first-order valence-electron chi connectivity index (χ1n) is 5.04. The van der Waals surface area contributed by atoms with E-state index in [9.17, 15) is 4.57 Å². The van der Waals surface area contributed by atoms with E-state index in [0.29, 0.717) is 6.16 Å². The first-order valence-corrected chi connectivity index (χ1v) is 7.48. The van der Waals surface area contributed by atoms with Crippen molar-refractivity contribution in [2.24, 2.45) is 0 Å². The molecule has 1 rings (SSSR count). The van der Waals surface area contributed by atoms with Gasteiger partial charge in [0, 0.05) is 18.6 Å². The van der Waals surface area contributed by atoms with Crippen molar-refractivity contribution >= 4 is 25.3 Å². The molecule has 0 aliphatic heterocycles. The van der Waals surface area contributed by atoms with Gasteiger partial charge in [0.15, 0.2) is 0 Å². The second-order valence-corrected chi connectivity index (χ2v) is 6.47. The summed E-state index contributed by atoms with van der Waals surface area (Å²) in [4.78, 5) is 0. The molecule has 0 aromatic heterocycles. The Labute approximate surface area is 96.9 Å². The molecule has 1 aromatic rings. The van der Waals surface area contributed by atoms with E-state index in [4.69, 9.17) is 4.52 Å². The Hall–Kier alpha value is -0.240. The maximum absolute atomic E-state index is 12.4. The summed E-state index contributed by atoms with van der Waals surface area (Å²) in [5, 5.41) is 0.812. The molecule has 0 saturated carbocycles. The fourth-order valence-corrected chi connectivity index (χ4v) is 3.55. The first kappa shape index (κ1) is 12.8. The molecular weight excluding hydrogens is 227 g/mol. The van der Waals surface area contributed by atoms with Crippen molar-refractivity contribution in [2.75, 3.05) is 19.0 Å². The van der Waals surface area contributed by atoms with Crippen LogP contribution >= 0.6 is 20.0 Å². The van der Waals surface area contributed by atoms with Crippen LogP contribution in [0.4, 0.5) is 0 Å². The number of hydrogen-bond acceptors (Lipinski definition) is 3. The zero-order valence-electron chi connectivity index (χ0n) is 8.93. The summed E-state index contributed by atoms with van der Waals surface area (Å²) in [6.07, 6.45) is 2.47. The highest BCUT2D eigenvalue weighted by molar-refractivity contribution is 7.80. The molecule has 0 saturated heterocycles. The molecule has 0 aliphatic carbocycles. The van der Waals surface area contributed by atoms with Gasteiger partial charge in [-0.3, -0.25) is 4.57 Å². The van der Waals surface area contributed by atoms with Crippen LogP contribution in [0.5, 0.6) is 0 Å². The van der Waals surface area contributed by atoms with Gasteiger partial charge >= 0.3 is 0 Å². The summed E-state index contributed by atoms with van der Waals surface area (Å²) >= 11 is 4.14. The van der Waals surface area contributed by atoms with Gasteiger partial charge in [0.2, 0.25) is 7.37 Å². The number of hydrogen-bond donors (Lipinski definition) is 1. The molecule has 0 spiro atoms. The molecule has 0 aliphatic rings. The Morgan fingerprint density at radius 3 is 2.47 bits per heavy atom. The van der Waals surface area contributed by atoms with E-state index < -0.39 is 7.37 Å². The van der Waals surface area contributed by atoms with Gasteiger partial charge in [0.1, 0.15) is 0 Å². The third-order valence-electron chi connectivity index (χ3n) is 2.31. The Morgan fingerprint density at radius 2 is 1.93 bits per heavy atom. The van der Waals surface area contributed by atoms with E-state index in [0.717, 1.165) is 23.9 Å². The molecule has 0 N–H and O–H groups in total. The van der Waals surface area contributed by atoms with Crippen LogP contribution in [-0.2, 0) is 9.09 Å². The van der Waals surface area contributed by atoms with E-state index in [-0.39, 0.29) is 0 Å². The van der Waals surface area contributed by atoms with Gasteiger partial charge in [-0.05, 0) is 30.7 Å². The smallest absolute Gasteiger partial charge is 0.231 e. The molecule has 2 nitrogen and oxygen atoms in total. The third kappa shape index (κ3) is 3.67. The molecule has 1 aromatic carbocycles. The average molecular weight is 244 g/mol. The summed E-state index contributed by atoms with van der Waals surface area (Å²) in [6, 6.07) is 9.42. The van der Waals surface area contributed by atoms with Crippen LogP contribution < -0.4 is 5.30 Å². The van der Waals surface area contributed by atoms with Crippen LogP contribution in [0.25, 0.3) is 0 Å². The molecule has 4 heteroatoms. The molecule has 15 heavy (non-hydrogen) atoms. The van der Waals surface area contributed by atoms with Crippen molar-refractivity contribution in [3.8, 4) is 0 Å². The van der Waals surface area contributed by atoms with Crippen LogP contribution in [0.2, 0.25) is 0 Å². The zero-order valence-corrected chi connectivity index (χ0v) is 10.7. The van der Waals surface area contributed by atoms with Crippen LogP contribution in [0, 0.1) is 0 Å². The molecule has 0 heterocycles. The van der Waals surface area contributed by atoms with E-state index in [1.165, 1.54) is 7.11 Å². The average Bonchev–Trinajstić information content (AvgIpc) is 2.30. The minimum Gasteiger partial charge on any atom is -0.329 e. The molecule has 0 radical (unpaired) electrons. The predicted octanol–water partition coefficient (Wildman–Crippen LogP) is 2.95. The van der Waals surface area contributed by atoms with Gasteiger partial charge < -0.3 is 4.52 Å². The Morgan fingerprint density at radius 1 is 1.27 bits per heavy atom. The molecule has 1 unspecified atom stereocenters. The van der Waals surface area contributed by atoms with Crippen LogP contribution in [0.3, 0.4) is 0 Å². The number of unbranched alkanes of at least 4 members (excludes halogenated alkanes) is 1. The summed E-state index contributed by atoms with van der Waals surface area (Å²) in [6.45, 7) is 0. The van der Waals surface area contributed by atoms with Crippen LogP contribution in [0.15, 0.2) is 30.3 Å². The monoisotopic (exact) mass is 244 g/mol. The topological polar surface area (TPSA) is 26.3 Å². The Balaban J connectivity index is 2.73. The highest BCUT2D eigenvalue weighted by Gasteiger charge is 2.22. The van der Waals surface area contributed by atoms with Gasteiger partial charge in [-0.25, -0.2) is 0 Å². The van der Waals surface area contributed by atoms with Gasteiger partial charge in [0.05, 0.1) is 0 Å². The third-order valence-corrected chi connectivity index (χ3v) is 5.20. The Kier molecular flexibility index (Phi) is 5.44. The van der Waals surface area contributed by atoms with Crippen LogP contribution in [-0.4, -0.2) is 19.0 Å². The van der Waals surface area contributed by atoms with E-state index in [1.54, 1.807) is 0 Å². The highest BCUT2D eigenvalue weighted by atomic mass is 32.1. The summed E-state index contributed by atoms with van der Waals surface area (Å²) < 4.78 is 17.6. The number of thiol groups is 1. The lowest BCUT2D eigenvalue weighted by molar-refractivity contribution is 0.401. The SMILES string of the molecule is COP(=O)(CCCCS)c1ccccc1. The van der Waals surface area contributed by atoms with Gasteiger partial charge in [0.25, 0.3) is 0 Å².